The molecule has 2 nitrogen and oxygen atoms in total. The van der Waals surface area contributed by atoms with Crippen LogP contribution in [0.3, 0.4) is 0 Å². The molecule has 19 heavy (non-hydrogen) atoms. The topological polar surface area (TPSA) is 15.3 Å². The number of hydrogen-bond donors (Lipinski definition) is 1. The second kappa shape index (κ2) is 6.38. The quantitative estimate of drug-likeness (QED) is 0.820. The lowest BCUT2D eigenvalue weighted by Crippen LogP contribution is -2.24. The van der Waals surface area contributed by atoms with Crippen molar-refractivity contribution in [3.63, 3.8) is 0 Å². The highest BCUT2D eigenvalue weighted by molar-refractivity contribution is 5.55. The summed E-state index contributed by atoms with van der Waals surface area (Å²) < 4.78 is 14.2. The Bertz CT molecular complexity index is 409. The van der Waals surface area contributed by atoms with E-state index in [0.717, 1.165) is 43.9 Å². The van der Waals surface area contributed by atoms with E-state index in [4.69, 9.17) is 0 Å². The van der Waals surface area contributed by atoms with E-state index >= 15 is 0 Å². The fourth-order valence-corrected chi connectivity index (χ4v) is 2.77. The average Bonchev–Trinajstić information content (AvgIpc) is 2.69. The van der Waals surface area contributed by atoms with Gasteiger partial charge in [-0.2, -0.15) is 0 Å². The van der Waals surface area contributed by atoms with Crippen molar-refractivity contribution in [2.45, 2.75) is 33.7 Å². The number of para-hydroxylation sites is 1. The molecule has 0 aliphatic carbocycles. The van der Waals surface area contributed by atoms with Crippen molar-refractivity contribution in [2.75, 3.05) is 24.5 Å². The lowest BCUT2D eigenvalue weighted by atomic mass is 10.0. The van der Waals surface area contributed by atoms with Crippen LogP contribution in [-0.4, -0.2) is 19.6 Å². The number of nitrogens with zero attached hydrogens (tertiary/aromatic N) is 1. The third kappa shape index (κ3) is 3.27. The van der Waals surface area contributed by atoms with Gasteiger partial charge >= 0.3 is 0 Å². The monoisotopic (exact) mass is 264 g/mol. The maximum absolute atomic E-state index is 14.2. The minimum absolute atomic E-state index is 0.0860. The molecule has 0 amide bonds. The van der Waals surface area contributed by atoms with Crippen LogP contribution in [0.25, 0.3) is 0 Å². The first-order valence-electron chi connectivity index (χ1n) is 7.36. The number of hydrogen-bond acceptors (Lipinski definition) is 2. The molecule has 1 aromatic carbocycles. The van der Waals surface area contributed by atoms with Crippen LogP contribution in [0.2, 0.25) is 0 Å². The van der Waals surface area contributed by atoms with Crippen molar-refractivity contribution in [3.05, 3.63) is 29.6 Å². The zero-order valence-corrected chi connectivity index (χ0v) is 12.2. The summed E-state index contributed by atoms with van der Waals surface area (Å²) >= 11 is 0. The molecule has 0 saturated carbocycles. The maximum atomic E-state index is 14.2. The Kier molecular flexibility index (Phi) is 4.81. The molecule has 1 heterocycles. The first kappa shape index (κ1) is 14.3. The zero-order chi connectivity index (χ0) is 13.8. The standard InChI is InChI=1S/C16H25FN2/c1-4-8-18-9-14-6-5-7-15(17)16(14)19-10-12(2)13(3)11-19/h5-7,12-13,18H,4,8-11H2,1-3H3. The van der Waals surface area contributed by atoms with Crippen LogP contribution in [0.15, 0.2) is 18.2 Å². The first-order valence-corrected chi connectivity index (χ1v) is 7.36. The Morgan fingerprint density at radius 2 is 1.95 bits per heavy atom. The van der Waals surface area contributed by atoms with Crippen LogP contribution in [0.5, 0.6) is 0 Å². The molecule has 0 radical (unpaired) electrons. The molecule has 1 aliphatic heterocycles. The second-order valence-electron chi connectivity index (χ2n) is 5.78. The fourth-order valence-electron chi connectivity index (χ4n) is 2.77. The maximum Gasteiger partial charge on any atom is 0.146 e. The number of anilines is 1. The first-order chi connectivity index (χ1) is 9.13. The van der Waals surface area contributed by atoms with E-state index in [1.165, 1.54) is 0 Å². The largest absolute Gasteiger partial charge is 0.368 e. The van der Waals surface area contributed by atoms with Gasteiger partial charge in [0.25, 0.3) is 0 Å². The molecular formula is C16H25FN2. The third-order valence-corrected chi connectivity index (χ3v) is 4.12. The van der Waals surface area contributed by atoms with Gasteiger partial charge in [0.2, 0.25) is 0 Å². The molecular weight excluding hydrogens is 239 g/mol. The fraction of sp³-hybridized carbons (Fsp3) is 0.625. The highest BCUT2D eigenvalue weighted by Gasteiger charge is 2.28. The van der Waals surface area contributed by atoms with Gasteiger partial charge in [0.15, 0.2) is 0 Å². The predicted octanol–water partition coefficient (Wildman–Crippen LogP) is 3.42. The molecule has 0 spiro atoms. The summed E-state index contributed by atoms with van der Waals surface area (Å²) in [4.78, 5) is 2.22. The van der Waals surface area contributed by atoms with Crippen molar-refractivity contribution in [3.8, 4) is 0 Å². The van der Waals surface area contributed by atoms with Gasteiger partial charge in [-0.1, -0.05) is 32.9 Å². The van der Waals surface area contributed by atoms with Crippen LogP contribution in [-0.2, 0) is 6.54 Å². The van der Waals surface area contributed by atoms with E-state index in [-0.39, 0.29) is 5.82 Å². The van der Waals surface area contributed by atoms with Gasteiger partial charge in [-0.25, -0.2) is 4.39 Å². The Morgan fingerprint density at radius 3 is 2.58 bits per heavy atom. The Hall–Kier alpha value is -1.09. The molecule has 1 fully saturated rings. The normalized spacial score (nSPS) is 23.1. The van der Waals surface area contributed by atoms with Crippen molar-refractivity contribution >= 4 is 5.69 Å². The highest BCUT2D eigenvalue weighted by Crippen LogP contribution is 2.32. The minimum Gasteiger partial charge on any atom is -0.368 e. The van der Waals surface area contributed by atoms with E-state index in [2.05, 4.69) is 31.0 Å². The molecule has 3 heteroatoms. The molecule has 0 bridgehead atoms. The summed E-state index contributed by atoms with van der Waals surface area (Å²) in [5.41, 5.74) is 1.89. The molecule has 106 valence electrons. The lowest BCUT2D eigenvalue weighted by molar-refractivity contribution is 0.494. The van der Waals surface area contributed by atoms with E-state index in [0.29, 0.717) is 11.8 Å². The summed E-state index contributed by atoms with van der Waals surface area (Å²) in [7, 11) is 0. The van der Waals surface area contributed by atoms with Crippen molar-refractivity contribution in [1.82, 2.24) is 5.32 Å². The third-order valence-electron chi connectivity index (χ3n) is 4.12. The Balaban J connectivity index is 2.18. The van der Waals surface area contributed by atoms with Crippen LogP contribution >= 0.6 is 0 Å². The van der Waals surface area contributed by atoms with Gasteiger partial charge in [-0.05, 0) is 36.4 Å². The van der Waals surface area contributed by atoms with Gasteiger partial charge in [-0.15, -0.1) is 0 Å². The minimum atomic E-state index is -0.0860. The van der Waals surface area contributed by atoms with E-state index in [9.17, 15) is 4.39 Å². The van der Waals surface area contributed by atoms with Gasteiger partial charge < -0.3 is 10.2 Å². The number of halogens is 1. The second-order valence-corrected chi connectivity index (χ2v) is 5.78. The summed E-state index contributed by atoms with van der Waals surface area (Å²) in [5.74, 6) is 1.18. The van der Waals surface area contributed by atoms with Crippen LogP contribution in [0.4, 0.5) is 10.1 Å². The summed E-state index contributed by atoms with van der Waals surface area (Å²) in [6.07, 6.45) is 1.10. The van der Waals surface area contributed by atoms with Gasteiger partial charge in [0.05, 0.1) is 5.69 Å². The summed E-state index contributed by atoms with van der Waals surface area (Å²) in [6, 6.07) is 5.42. The van der Waals surface area contributed by atoms with Gasteiger partial charge in [-0.3, -0.25) is 0 Å². The van der Waals surface area contributed by atoms with E-state index < -0.39 is 0 Å². The predicted molar refractivity (Wildman–Crippen MR) is 78.9 cm³/mol. The number of benzene rings is 1. The SMILES string of the molecule is CCCNCc1cccc(F)c1N1CC(C)C(C)C1. The summed E-state index contributed by atoms with van der Waals surface area (Å²) in [5, 5.41) is 3.37. The van der Waals surface area contributed by atoms with Crippen molar-refractivity contribution in [1.29, 1.82) is 0 Å². The number of rotatable bonds is 5. The average molecular weight is 264 g/mol. The van der Waals surface area contributed by atoms with Gasteiger partial charge in [0, 0.05) is 19.6 Å². The molecule has 2 atom stereocenters. The number of nitrogens with one attached hydrogen (secondary N) is 1. The highest BCUT2D eigenvalue weighted by atomic mass is 19.1. The zero-order valence-electron chi connectivity index (χ0n) is 12.2. The molecule has 1 N–H and O–H groups in total. The molecule has 2 unspecified atom stereocenters. The Morgan fingerprint density at radius 1 is 1.26 bits per heavy atom. The van der Waals surface area contributed by atoms with Crippen molar-refractivity contribution < 1.29 is 4.39 Å². The lowest BCUT2D eigenvalue weighted by Gasteiger charge is -2.23. The van der Waals surface area contributed by atoms with Crippen LogP contribution < -0.4 is 10.2 Å². The van der Waals surface area contributed by atoms with Gasteiger partial charge in [0.1, 0.15) is 5.82 Å². The molecule has 2 rings (SSSR count). The molecule has 1 aliphatic rings. The molecule has 1 aromatic rings. The smallest absolute Gasteiger partial charge is 0.146 e. The molecule has 1 saturated heterocycles. The van der Waals surface area contributed by atoms with E-state index in [1.807, 2.05) is 12.1 Å². The van der Waals surface area contributed by atoms with Crippen molar-refractivity contribution in [2.24, 2.45) is 11.8 Å². The Labute approximate surface area is 116 Å². The van der Waals surface area contributed by atoms with Crippen LogP contribution in [0, 0.1) is 17.7 Å². The summed E-state index contributed by atoms with van der Waals surface area (Å²) in [6.45, 7) is 10.3. The molecule has 0 aromatic heterocycles. The van der Waals surface area contributed by atoms with Crippen LogP contribution in [0.1, 0.15) is 32.8 Å². The van der Waals surface area contributed by atoms with E-state index in [1.54, 1.807) is 6.07 Å².